The zero-order valence-electron chi connectivity index (χ0n) is 26.1. The molecule has 0 aliphatic carbocycles. The monoisotopic (exact) mass is 650 g/mol. The Bertz CT molecular complexity index is 1700. The van der Waals surface area contributed by atoms with E-state index in [0.717, 1.165) is 40.2 Å². The van der Waals surface area contributed by atoms with Gasteiger partial charge in [0.05, 0.1) is 11.7 Å². The molecule has 1 unspecified atom stereocenters. The minimum Gasteiger partial charge on any atom is -0.465 e. The van der Waals surface area contributed by atoms with Gasteiger partial charge in [-0.2, -0.15) is 4.98 Å². The van der Waals surface area contributed by atoms with E-state index < -0.39 is 12.1 Å². The van der Waals surface area contributed by atoms with Gasteiger partial charge >= 0.3 is 6.09 Å². The van der Waals surface area contributed by atoms with E-state index in [1.54, 1.807) is 30.3 Å². The molecule has 1 saturated heterocycles. The molecule has 11 heteroatoms. The lowest BCUT2D eigenvalue weighted by Crippen LogP contribution is -2.55. The molecule has 3 aromatic carbocycles. The summed E-state index contributed by atoms with van der Waals surface area (Å²) in [7, 11) is 2.09. The summed E-state index contributed by atoms with van der Waals surface area (Å²) in [5.74, 6) is -0.146. The number of aromatic nitrogens is 2. The van der Waals surface area contributed by atoms with Crippen molar-refractivity contribution in [2.24, 2.45) is 0 Å². The van der Waals surface area contributed by atoms with Crippen LogP contribution in [0.3, 0.4) is 0 Å². The van der Waals surface area contributed by atoms with Crippen molar-refractivity contribution in [1.82, 2.24) is 14.9 Å². The average Bonchev–Trinajstić information content (AvgIpc) is 2.96. The Morgan fingerprint density at radius 1 is 1.02 bits per heavy atom. The molecule has 3 atom stereocenters. The van der Waals surface area contributed by atoms with Gasteiger partial charge in [-0.15, -0.1) is 0 Å². The fourth-order valence-electron chi connectivity index (χ4n) is 6.23. The number of nitrogens with zero attached hydrogens (tertiary/aromatic N) is 5. The molecule has 0 radical (unpaired) electrons. The van der Waals surface area contributed by atoms with Crippen LogP contribution >= 0.6 is 23.2 Å². The van der Waals surface area contributed by atoms with Gasteiger partial charge in [-0.3, -0.25) is 4.90 Å². The van der Waals surface area contributed by atoms with Gasteiger partial charge in [-0.25, -0.2) is 19.1 Å². The van der Waals surface area contributed by atoms with E-state index in [2.05, 4.69) is 46.0 Å². The van der Waals surface area contributed by atoms with Crippen molar-refractivity contribution in [1.29, 1.82) is 0 Å². The summed E-state index contributed by atoms with van der Waals surface area (Å²) >= 11 is 13.1. The second-order valence-electron chi connectivity index (χ2n) is 11.8. The number of piperazine rings is 1. The number of hydrogen-bond donors (Lipinski definition) is 2. The predicted octanol–water partition coefficient (Wildman–Crippen LogP) is 8.39. The van der Waals surface area contributed by atoms with Crippen molar-refractivity contribution in [2.75, 3.05) is 35.3 Å². The molecule has 0 spiro atoms. The zero-order chi connectivity index (χ0) is 32.6. The molecule has 2 N–H and O–H groups in total. The third-order valence-corrected chi connectivity index (χ3v) is 9.10. The lowest BCUT2D eigenvalue weighted by atomic mass is 9.89. The van der Waals surface area contributed by atoms with Crippen LogP contribution in [0.5, 0.6) is 0 Å². The van der Waals surface area contributed by atoms with Crippen molar-refractivity contribution in [3.8, 4) is 0 Å². The first kappa shape index (κ1) is 32.5. The van der Waals surface area contributed by atoms with Gasteiger partial charge < -0.3 is 15.3 Å². The van der Waals surface area contributed by atoms with Gasteiger partial charge in [0.1, 0.15) is 11.6 Å². The maximum atomic E-state index is 15.4. The first-order valence-corrected chi connectivity index (χ1v) is 15.5. The third kappa shape index (κ3) is 6.85. The first-order chi connectivity index (χ1) is 21.3. The molecule has 1 aromatic heterocycles. The fourth-order valence-corrected chi connectivity index (χ4v) is 6.63. The van der Waals surface area contributed by atoms with Gasteiger partial charge in [0, 0.05) is 47.1 Å². The second kappa shape index (κ2) is 13.2. The summed E-state index contributed by atoms with van der Waals surface area (Å²) in [5.41, 5.74) is 5.09. The number of benzene rings is 3. The Balaban J connectivity index is 1.51. The highest BCUT2D eigenvalue weighted by molar-refractivity contribution is 6.33. The van der Waals surface area contributed by atoms with Crippen molar-refractivity contribution in [3.05, 3.63) is 104 Å². The number of aryl methyl sites for hydroxylation is 3. The molecule has 5 rings (SSSR count). The minimum atomic E-state index is -1.24. The van der Waals surface area contributed by atoms with E-state index in [1.165, 1.54) is 18.3 Å². The summed E-state index contributed by atoms with van der Waals surface area (Å²) in [6, 6.07) is 15.1. The fraction of sp³-hybridized carbons (Fsp3) is 0.324. The Morgan fingerprint density at radius 3 is 2.31 bits per heavy atom. The predicted molar refractivity (Wildman–Crippen MR) is 180 cm³/mol. The molecule has 2 heterocycles. The lowest BCUT2D eigenvalue weighted by molar-refractivity contribution is 0.169. The number of hydrogen-bond acceptors (Lipinski definition) is 6. The molecule has 0 bridgehead atoms. The first-order valence-electron chi connectivity index (χ1n) is 14.8. The summed E-state index contributed by atoms with van der Waals surface area (Å²) in [4.78, 5) is 27.4. The summed E-state index contributed by atoms with van der Waals surface area (Å²) in [6.07, 6.45) is 0.218. The molecule has 236 valence electrons. The van der Waals surface area contributed by atoms with Crippen LogP contribution in [-0.2, 0) is 0 Å². The molecular formula is C34H37Cl2FN6O2. The quantitative estimate of drug-likeness (QED) is 0.208. The maximum Gasteiger partial charge on any atom is 0.413 e. The standard InChI is InChI=1S/C34H37Cl2FN6O2/c1-19-13-20(2)31(21(3)14-19)32(26-15-24(35)7-9-27(26)36)43(34(44)45)30-11-12-38-33(40-30)39-25-8-10-29(28(37)16-25)42-17-22(4)41(6)23(5)18-42/h7-16,22-23,32H,17-18H2,1-6H3,(H,44,45)(H,38,39,40)/t22-,23+,32?. The van der Waals surface area contributed by atoms with Gasteiger partial charge in [0.15, 0.2) is 0 Å². The molecule has 4 aromatic rings. The van der Waals surface area contributed by atoms with E-state index in [1.807, 2.05) is 32.9 Å². The normalized spacial score (nSPS) is 17.7. The summed E-state index contributed by atoms with van der Waals surface area (Å²) < 4.78 is 15.4. The van der Waals surface area contributed by atoms with Crippen LogP contribution in [-0.4, -0.2) is 58.3 Å². The molecular weight excluding hydrogens is 614 g/mol. The minimum absolute atomic E-state index is 0.109. The van der Waals surface area contributed by atoms with Gasteiger partial charge in [0.25, 0.3) is 0 Å². The number of amides is 1. The van der Waals surface area contributed by atoms with Crippen molar-refractivity contribution >= 4 is 52.4 Å². The van der Waals surface area contributed by atoms with Gasteiger partial charge in [0.2, 0.25) is 5.95 Å². The molecule has 0 saturated carbocycles. The number of carbonyl (C=O) groups is 1. The number of nitrogens with one attached hydrogen (secondary N) is 1. The van der Waals surface area contributed by atoms with Crippen LogP contribution < -0.4 is 15.1 Å². The number of halogens is 3. The Hall–Kier alpha value is -3.92. The second-order valence-corrected chi connectivity index (χ2v) is 12.7. The summed E-state index contributed by atoms with van der Waals surface area (Å²) in [6.45, 7) is 11.6. The van der Waals surface area contributed by atoms with Crippen LogP contribution in [0.25, 0.3) is 0 Å². The van der Waals surface area contributed by atoms with Crippen molar-refractivity contribution in [2.45, 2.75) is 52.7 Å². The van der Waals surface area contributed by atoms with E-state index in [0.29, 0.717) is 27.0 Å². The van der Waals surface area contributed by atoms with Crippen LogP contribution in [0.4, 0.5) is 32.3 Å². The number of likely N-dealkylation sites (N-methyl/N-ethyl adjacent to an activating group) is 1. The largest absolute Gasteiger partial charge is 0.465 e. The highest BCUT2D eigenvalue weighted by Gasteiger charge is 2.34. The van der Waals surface area contributed by atoms with E-state index in [-0.39, 0.29) is 29.7 Å². The Morgan fingerprint density at radius 2 is 1.69 bits per heavy atom. The number of rotatable bonds is 7. The van der Waals surface area contributed by atoms with E-state index >= 15 is 4.39 Å². The van der Waals surface area contributed by atoms with E-state index in [4.69, 9.17) is 23.2 Å². The van der Waals surface area contributed by atoms with Crippen LogP contribution in [0.1, 0.15) is 47.7 Å². The Labute approximate surface area is 273 Å². The van der Waals surface area contributed by atoms with Crippen LogP contribution in [0, 0.1) is 26.6 Å². The molecule has 1 amide bonds. The highest BCUT2D eigenvalue weighted by atomic mass is 35.5. The molecule has 1 aliphatic heterocycles. The third-order valence-electron chi connectivity index (χ3n) is 8.52. The molecule has 45 heavy (non-hydrogen) atoms. The van der Waals surface area contributed by atoms with Crippen molar-refractivity contribution in [3.63, 3.8) is 0 Å². The highest BCUT2D eigenvalue weighted by Crippen LogP contribution is 2.40. The molecule has 1 fully saturated rings. The van der Waals surface area contributed by atoms with Gasteiger partial charge in [-0.1, -0.05) is 40.9 Å². The Kier molecular flexibility index (Phi) is 9.53. The SMILES string of the molecule is Cc1cc(C)c(C(c2cc(Cl)ccc2Cl)N(C(=O)O)c2ccnc(Nc3ccc(N4C[C@@H](C)N(C)[C@@H](C)C4)c(F)c3)n2)c(C)c1. The molecule has 1 aliphatic rings. The smallest absolute Gasteiger partial charge is 0.413 e. The van der Waals surface area contributed by atoms with Crippen LogP contribution in [0.2, 0.25) is 10.0 Å². The average molecular weight is 652 g/mol. The zero-order valence-corrected chi connectivity index (χ0v) is 27.7. The molecule has 8 nitrogen and oxygen atoms in total. The number of anilines is 4. The van der Waals surface area contributed by atoms with Crippen LogP contribution in [0.15, 0.2) is 60.8 Å². The maximum absolute atomic E-state index is 15.4. The lowest BCUT2D eigenvalue weighted by Gasteiger charge is -2.43. The van der Waals surface area contributed by atoms with E-state index in [9.17, 15) is 9.90 Å². The summed E-state index contributed by atoms with van der Waals surface area (Å²) in [5, 5.41) is 14.5. The van der Waals surface area contributed by atoms with Crippen molar-refractivity contribution < 1.29 is 14.3 Å². The topological polar surface area (TPSA) is 84.8 Å². The number of carboxylic acid groups (broad SMARTS) is 1. The van der Waals surface area contributed by atoms with Gasteiger partial charge in [-0.05, 0) is 106 Å².